The maximum absolute atomic E-state index is 12.6. The number of rotatable bonds is 2. The lowest BCUT2D eigenvalue weighted by Gasteiger charge is -1.95. The summed E-state index contributed by atoms with van der Waals surface area (Å²) in [5.41, 5.74) is 0.305. The van der Waals surface area contributed by atoms with Crippen LogP contribution in [0.3, 0.4) is 0 Å². The van der Waals surface area contributed by atoms with Gasteiger partial charge in [0, 0.05) is 12.1 Å². The Morgan fingerprint density at radius 1 is 1.38 bits per heavy atom. The largest absolute Gasteiger partial charge is 0.508 e. The van der Waals surface area contributed by atoms with E-state index in [4.69, 9.17) is 10.2 Å². The number of halogens is 1. The number of phenols is 1. The number of phenolic OH excluding ortho intramolecular Hbond substituents is 1. The molecular formula is C9H7FO3. The fourth-order valence-electron chi connectivity index (χ4n) is 0.860. The number of carboxylic acids is 1. The number of hydrogen-bond acceptors (Lipinski definition) is 2. The maximum atomic E-state index is 12.6. The highest BCUT2D eigenvalue weighted by atomic mass is 19.1. The van der Waals surface area contributed by atoms with E-state index in [1.54, 1.807) is 0 Å². The van der Waals surface area contributed by atoms with Crippen molar-refractivity contribution in [2.24, 2.45) is 0 Å². The Hall–Kier alpha value is -1.84. The van der Waals surface area contributed by atoms with Gasteiger partial charge in [-0.1, -0.05) is 0 Å². The first-order valence-corrected chi connectivity index (χ1v) is 3.48. The first-order chi connectivity index (χ1) is 6.08. The minimum absolute atomic E-state index is 0.231. The molecular weight excluding hydrogens is 175 g/mol. The zero-order chi connectivity index (χ0) is 9.84. The molecule has 0 aromatic heterocycles. The second-order valence-corrected chi connectivity index (χ2v) is 2.41. The van der Waals surface area contributed by atoms with E-state index in [0.29, 0.717) is 5.56 Å². The molecule has 68 valence electrons. The number of aromatic hydroxyl groups is 1. The second kappa shape index (κ2) is 3.71. The number of benzene rings is 1. The summed E-state index contributed by atoms with van der Waals surface area (Å²) in [4.78, 5) is 10.1. The van der Waals surface area contributed by atoms with Crippen LogP contribution < -0.4 is 0 Å². The molecule has 4 heteroatoms. The number of carbonyl (C=O) groups is 1. The van der Waals surface area contributed by atoms with Gasteiger partial charge in [-0.25, -0.2) is 9.18 Å². The average Bonchev–Trinajstić information content (AvgIpc) is 1.99. The predicted molar refractivity (Wildman–Crippen MR) is 44.7 cm³/mol. The Morgan fingerprint density at radius 2 is 2.08 bits per heavy atom. The third-order valence-corrected chi connectivity index (χ3v) is 1.32. The summed E-state index contributed by atoms with van der Waals surface area (Å²) in [5.74, 6) is -1.96. The number of aliphatic carboxylic acids is 1. The number of carboxylic acid groups (broad SMARTS) is 1. The zero-order valence-electron chi connectivity index (χ0n) is 6.57. The molecule has 1 aromatic rings. The highest BCUT2D eigenvalue weighted by molar-refractivity contribution is 5.85. The van der Waals surface area contributed by atoms with Crippen LogP contribution in [0.2, 0.25) is 0 Å². The fraction of sp³-hybridized carbons (Fsp3) is 0. The van der Waals surface area contributed by atoms with E-state index in [1.807, 2.05) is 0 Å². The molecule has 0 amide bonds. The number of hydrogen-bond donors (Lipinski definition) is 2. The second-order valence-electron chi connectivity index (χ2n) is 2.41. The van der Waals surface area contributed by atoms with Crippen LogP contribution >= 0.6 is 0 Å². The van der Waals surface area contributed by atoms with Gasteiger partial charge in [-0.3, -0.25) is 0 Å². The van der Waals surface area contributed by atoms with E-state index in [0.717, 1.165) is 18.2 Å². The van der Waals surface area contributed by atoms with Crippen LogP contribution in [-0.4, -0.2) is 16.2 Å². The molecule has 0 fully saturated rings. The summed E-state index contributed by atoms with van der Waals surface area (Å²) in [6.45, 7) is 0. The van der Waals surface area contributed by atoms with Gasteiger partial charge in [0.15, 0.2) is 0 Å². The summed E-state index contributed by atoms with van der Waals surface area (Å²) < 4.78 is 12.6. The van der Waals surface area contributed by atoms with Gasteiger partial charge >= 0.3 is 5.97 Å². The zero-order valence-corrected chi connectivity index (χ0v) is 6.57. The normalized spacial score (nSPS) is 10.5. The minimum Gasteiger partial charge on any atom is -0.508 e. The standard InChI is InChI=1S/C9H7FO3/c10-7-3-6(1-2-9(12)13)4-8(11)5-7/h1-5,11H,(H,12,13)/b2-1+. The van der Waals surface area contributed by atoms with Crippen molar-refractivity contribution in [3.05, 3.63) is 35.7 Å². The highest BCUT2D eigenvalue weighted by Gasteiger charge is 1.96. The third-order valence-electron chi connectivity index (χ3n) is 1.32. The predicted octanol–water partition coefficient (Wildman–Crippen LogP) is 1.63. The summed E-state index contributed by atoms with van der Waals surface area (Å²) in [6.07, 6.45) is 2.07. The van der Waals surface area contributed by atoms with Gasteiger partial charge in [-0.15, -0.1) is 0 Å². The van der Waals surface area contributed by atoms with Crippen molar-refractivity contribution in [2.75, 3.05) is 0 Å². The first kappa shape index (κ1) is 9.25. The lowest BCUT2D eigenvalue weighted by atomic mass is 10.2. The summed E-state index contributed by atoms with van der Waals surface area (Å²) in [6, 6.07) is 3.33. The molecule has 13 heavy (non-hydrogen) atoms. The van der Waals surface area contributed by atoms with Gasteiger partial charge in [0.2, 0.25) is 0 Å². The van der Waals surface area contributed by atoms with Crippen molar-refractivity contribution in [2.45, 2.75) is 0 Å². The Balaban J connectivity index is 2.95. The lowest BCUT2D eigenvalue weighted by molar-refractivity contribution is -0.131. The average molecular weight is 182 g/mol. The van der Waals surface area contributed by atoms with E-state index < -0.39 is 11.8 Å². The molecule has 0 saturated heterocycles. The molecule has 0 unspecified atom stereocenters. The molecule has 2 N–H and O–H groups in total. The summed E-state index contributed by atoms with van der Waals surface area (Å²) in [5, 5.41) is 17.2. The fourth-order valence-corrected chi connectivity index (χ4v) is 0.860. The SMILES string of the molecule is O=C(O)/C=C/c1cc(O)cc(F)c1. The van der Waals surface area contributed by atoms with Crippen molar-refractivity contribution < 1.29 is 19.4 Å². The van der Waals surface area contributed by atoms with Crippen molar-refractivity contribution in [1.82, 2.24) is 0 Å². The van der Waals surface area contributed by atoms with Crippen molar-refractivity contribution in [1.29, 1.82) is 0 Å². The van der Waals surface area contributed by atoms with Crippen LogP contribution in [0.25, 0.3) is 6.08 Å². The molecule has 0 radical (unpaired) electrons. The molecule has 0 spiro atoms. The third kappa shape index (κ3) is 2.94. The van der Waals surface area contributed by atoms with Crippen LogP contribution in [0, 0.1) is 5.82 Å². The highest BCUT2D eigenvalue weighted by Crippen LogP contribution is 2.15. The Labute approximate surface area is 73.8 Å². The first-order valence-electron chi connectivity index (χ1n) is 3.48. The van der Waals surface area contributed by atoms with E-state index in [2.05, 4.69) is 0 Å². The lowest BCUT2D eigenvalue weighted by Crippen LogP contribution is -1.86. The van der Waals surface area contributed by atoms with Gasteiger partial charge in [-0.05, 0) is 23.8 Å². The van der Waals surface area contributed by atoms with Gasteiger partial charge in [-0.2, -0.15) is 0 Å². The molecule has 0 bridgehead atoms. The van der Waals surface area contributed by atoms with Crippen LogP contribution in [0.5, 0.6) is 5.75 Å². The molecule has 1 rings (SSSR count). The van der Waals surface area contributed by atoms with Crippen LogP contribution in [0.1, 0.15) is 5.56 Å². The summed E-state index contributed by atoms with van der Waals surface area (Å²) in [7, 11) is 0. The summed E-state index contributed by atoms with van der Waals surface area (Å²) >= 11 is 0. The van der Waals surface area contributed by atoms with E-state index in [-0.39, 0.29) is 5.75 Å². The Kier molecular flexibility index (Phi) is 2.64. The van der Waals surface area contributed by atoms with Crippen molar-refractivity contribution in [3.8, 4) is 5.75 Å². The van der Waals surface area contributed by atoms with Crippen molar-refractivity contribution >= 4 is 12.0 Å². The smallest absolute Gasteiger partial charge is 0.328 e. The molecule has 0 aliphatic carbocycles. The van der Waals surface area contributed by atoms with Crippen molar-refractivity contribution in [3.63, 3.8) is 0 Å². The van der Waals surface area contributed by atoms with Gasteiger partial charge < -0.3 is 10.2 Å². The Bertz CT molecular complexity index is 338. The quantitative estimate of drug-likeness (QED) is 0.683. The molecule has 0 atom stereocenters. The maximum Gasteiger partial charge on any atom is 0.328 e. The van der Waals surface area contributed by atoms with Gasteiger partial charge in [0.05, 0.1) is 0 Å². The van der Waals surface area contributed by atoms with E-state index in [9.17, 15) is 9.18 Å². The van der Waals surface area contributed by atoms with Crippen LogP contribution in [0.15, 0.2) is 24.3 Å². The molecule has 0 saturated carbocycles. The van der Waals surface area contributed by atoms with E-state index in [1.165, 1.54) is 12.1 Å². The van der Waals surface area contributed by atoms with Gasteiger partial charge in [0.25, 0.3) is 0 Å². The molecule has 1 aromatic carbocycles. The van der Waals surface area contributed by atoms with Crippen LogP contribution in [-0.2, 0) is 4.79 Å². The monoisotopic (exact) mass is 182 g/mol. The topological polar surface area (TPSA) is 57.5 Å². The molecule has 3 nitrogen and oxygen atoms in total. The van der Waals surface area contributed by atoms with Gasteiger partial charge in [0.1, 0.15) is 11.6 Å². The minimum atomic E-state index is -1.12. The molecule has 0 aliphatic rings. The molecule has 0 aliphatic heterocycles. The Morgan fingerprint density at radius 3 is 2.62 bits per heavy atom. The molecule has 0 heterocycles. The van der Waals surface area contributed by atoms with E-state index >= 15 is 0 Å². The van der Waals surface area contributed by atoms with Crippen LogP contribution in [0.4, 0.5) is 4.39 Å².